The first-order chi connectivity index (χ1) is 12.0. The van der Waals surface area contributed by atoms with Crippen molar-refractivity contribution >= 4 is 17.5 Å². The van der Waals surface area contributed by atoms with Gasteiger partial charge in [0.15, 0.2) is 17.2 Å². The third kappa shape index (κ3) is 3.23. The van der Waals surface area contributed by atoms with Gasteiger partial charge in [-0.25, -0.2) is 13.3 Å². The molecule has 1 aromatic carbocycles. The minimum Gasteiger partial charge on any atom is -0.493 e. The molecular weight excluding hydrogens is 332 g/mol. The lowest BCUT2D eigenvalue weighted by molar-refractivity contribution is -0.115. The molecule has 25 heavy (non-hydrogen) atoms. The molecule has 0 aliphatic heterocycles. The topological polar surface area (TPSA) is 92.3 Å². The van der Waals surface area contributed by atoms with E-state index in [0.29, 0.717) is 11.2 Å². The van der Waals surface area contributed by atoms with Gasteiger partial charge in [0.1, 0.15) is 12.2 Å². The Kier molecular flexibility index (Phi) is 4.26. The van der Waals surface area contributed by atoms with Gasteiger partial charge in [0.2, 0.25) is 11.9 Å². The Labute approximate surface area is 140 Å². The predicted molar refractivity (Wildman–Crippen MR) is 83.8 cm³/mol. The highest BCUT2D eigenvalue weighted by Gasteiger charge is 2.15. The Morgan fingerprint density at radius 2 is 2.20 bits per heavy atom. The maximum absolute atomic E-state index is 13.9. The van der Waals surface area contributed by atoms with E-state index >= 15 is 0 Å². The van der Waals surface area contributed by atoms with Gasteiger partial charge in [-0.3, -0.25) is 10.1 Å². The minimum atomic E-state index is -0.819. The number of hydrogen-bond donors (Lipinski definition) is 1. The number of benzene rings is 1. The van der Waals surface area contributed by atoms with Crippen LogP contribution in [0.5, 0.6) is 5.75 Å². The number of amides is 1. The fourth-order valence-corrected chi connectivity index (χ4v) is 2.32. The van der Waals surface area contributed by atoms with Crippen LogP contribution in [0.15, 0.2) is 30.5 Å². The van der Waals surface area contributed by atoms with Gasteiger partial charge in [0.25, 0.3) is 0 Å². The van der Waals surface area contributed by atoms with Crippen LogP contribution in [0.3, 0.4) is 0 Å². The number of nitriles is 1. The summed E-state index contributed by atoms with van der Waals surface area (Å²) in [6, 6.07) is 6.77. The van der Waals surface area contributed by atoms with Gasteiger partial charge >= 0.3 is 0 Å². The van der Waals surface area contributed by atoms with Gasteiger partial charge in [-0.15, -0.1) is 5.10 Å². The van der Waals surface area contributed by atoms with Crippen molar-refractivity contribution in [3.63, 3.8) is 0 Å². The zero-order valence-electron chi connectivity index (χ0n) is 13.0. The quantitative estimate of drug-likeness (QED) is 0.786. The highest BCUT2D eigenvalue weighted by atomic mass is 19.1. The summed E-state index contributed by atoms with van der Waals surface area (Å²) >= 11 is 0. The van der Waals surface area contributed by atoms with Crippen molar-refractivity contribution < 1.29 is 18.3 Å². The van der Waals surface area contributed by atoms with Crippen LogP contribution in [0, 0.1) is 23.0 Å². The highest BCUT2D eigenvalue weighted by Crippen LogP contribution is 2.33. The van der Waals surface area contributed by atoms with Gasteiger partial charge in [0.05, 0.1) is 13.2 Å². The smallest absolute Gasteiger partial charge is 0.249 e. The Balaban J connectivity index is 2.02. The molecule has 7 nitrogen and oxygen atoms in total. The van der Waals surface area contributed by atoms with Gasteiger partial charge in [-0.05, 0) is 18.2 Å². The van der Waals surface area contributed by atoms with Crippen LogP contribution in [0.1, 0.15) is 6.42 Å². The van der Waals surface area contributed by atoms with E-state index in [2.05, 4.69) is 15.4 Å². The number of anilines is 1. The molecule has 0 bridgehead atoms. The van der Waals surface area contributed by atoms with Gasteiger partial charge in [-0.1, -0.05) is 0 Å². The second kappa shape index (κ2) is 6.52. The Morgan fingerprint density at radius 1 is 1.40 bits per heavy atom. The summed E-state index contributed by atoms with van der Waals surface area (Å²) in [6.07, 6.45) is 1.18. The third-order valence-corrected chi connectivity index (χ3v) is 3.35. The molecule has 2 heterocycles. The number of methoxy groups -OCH3 is 1. The van der Waals surface area contributed by atoms with E-state index in [1.54, 1.807) is 18.2 Å². The lowest BCUT2D eigenvalue weighted by atomic mass is 10.1. The first-order valence-corrected chi connectivity index (χ1v) is 7.08. The summed E-state index contributed by atoms with van der Waals surface area (Å²) < 4.78 is 33.8. The lowest BCUT2D eigenvalue weighted by Crippen LogP contribution is -2.11. The molecule has 9 heteroatoms. The molecule has 0 fully saturated rings. The highest BCUT2D eigenvalue weighted by molar-refractivity contribution is 5.90. The number of carbonyl (C=O) groups excluding carboxylic acids is 1. The molecule has 2 aromatic heterocycles. The maximum atomic E-state index is 13.9. The molecule has 1 N–H and O–H groups in total. The van der Waals surface area contributed by atoms with Crippen LogP contribution >= 0.6 is 0 Å². The zero-order chi connectivity index (χ0) is 18.0. The van der Waals surface area contributed by atoms with Crippen molar-refractivity contribution in [2.75, 3.05) is 12.4 Å². The molecule has 3 aromatic rings. The van der Waals surface area contributed by atoms with Crippen LogP contribution in [0.4, 0.5) is 14.7 Å². The molecule has 0 radical (unpaired) electrons. The molecule has 0 aliphatic carbocycles. The number of carbonyl (C=O) groups is 1. The van der Waals surface area contributed by atoms with Crippen molar-refractivity contribution in [2.45, 2.75) is 6.42 Å². The molecule has 126 valence electrons. The number of fused-ring (bicyclic) bond motifs is 1. The summed E-state index contributed by atoms with van der Waals surface area (Å²) in [5.41, 5.74) is 1.07. The number of hydrogen-bond acceptors (Lipinski definition) is 5. The first-order valence-electron chi connectivity index (χ1n) is 7.08. The molecule has 0 spiro atoms. The van der Waals surface area contributed by atoms with E-state index in [0.717, 1.165) is 12.1 Å². The monoisotopic (exact) mass is 343 g/mol. The SMILES string of the molecule is COc1c(F)cc(F)cc1-c1ccc2nc(NC(=O)CC#N)nn2c1. The number of pyridine rings is 1. The van der Waals surface area contributed by atoms with E-state index in [9.17, 15) is 13.6 Å². The lowest BCUT2D eigenvalue weighted by Gasteiger charge is -2.10. The van der Waals surface area contributed by atoms with Crippen molar-refractivity contribution in [1.82, 2.24) is 14.6 Å². The average Bonchev–Trinajstić information content (AvgIpc) is 2.95. The summed E-state index contributed by atoms with van der Waals surface area (Å²) in [5.74, 6) is -2.16. The molecule has 0 atom stereocenters. The number of halogens is 2. The van der Waals surface area contributed by atoms with E-state index < -0.39 is 17.5 Å². The molecule has 0 unspecified atom stereocenters. The first kappa shape index (κ1) is 16.3. The second-order valence-corrected chi connectivity index (χ2v) is 5.01. The number of ether oxygens (including phenoxy) is 1. The number of rotatable bonds is 4. The fourth-order valence-electron chi connectivity index (χ4n) is 2.32. The van der Waals surface area contributed by atoms with E-state index in [-0.39, 0.29) is 23.7 Å². The maximum Gasteiger partial charge on any atom is 0.249 e. The number of aromatic nitrogens is 3. The normalized spacial score (nSPS) is 10.5. The van der Waals surface area contributed by atoms with Crippen molar-refractivity contribution in [2.24, 2.45) is 0 Å². The fraction of sp³-hybridized carbons (Fsp3) is 0.125. The van der Waals surface area contributed by atoms with Crippen molar-refractivity contribution in [3.8, 4) is 22.9 Å². The standard InChI is InChI=1S/C16H11F2N5O2/c1-25-15-11(6-10(17)7-12(15)18)9-2-3-13-20-16(22-23(13)8-9)21-14(24)4-5-19/h2-3,6-8H,4H2,1H3,(H,21,22,24). The third-order valence-electron chi connectivity index (χ3n) is 3.35. The summed E-state index contributed by atoms with van der Waals surface area (Å²) in [5, 5.41) is 14.9. The van der Waals surface area contributed by atoms with E-state index in [4.69, 9.17) is 10.00 Å². The van der Waals surface area contributed by atoms with E-state index in [1.165, 1.54) is 17.8 Å². The molecule has 0 saturated carbocycles. The van der Waals surface area contributed by atoms with Crippen LogP contribution in [-0.4, -0.2) is 27.6 Å². The largest absolute Gasteiger partial charge is 0.493 e. The molecule has 0 aliphatic rings. The summed E-state index contributed by atoms with van der Waals surface area (Å²) in [6.45, 7) is 0. The molecule has 1 amide bonds. The van der Waals surface area contributed by atoms with Crippen molar-refractivity contribution in [3.05, 3.63) is 42.1 Å². The van der Waals surface area contributed by atoms with Gasteiger partial charge in [0, 0.05) is 23.4 Å². The Hall–Kier alpha value is -3.54. The molecule has 0 saturated heterocycles. The summed E-state index contributed by atoms with van der Waals surface area (Å²) in [7, 11) is 1.29. The second-order valence-electron chi connectivity index (χ2n) is 5.01. The molecular formula is C16H11F2N5O2. The summed E-state index contributed by atoms with van der Waals surface area (Å²) in [4.78, 5) is 15.5. The number of nitrogens with zero attached hydrogens (tertiary/aromatic N) is 4. The van der Waals surface area contributed by atoms with Gasteiger partial charge in [-0.2, -0.15) is 10.2 Å². The van der Waals surface area contributed by atoms with Crippen molar-refractivity contribution in [1.29, 1.82) is 5.26 Å². The number of nitrogens with one attached hydrogen (secondary N) is 1. The minimum absolute atomic E-state index is 0.0230. The Morgan fingerprint density at radius 3 is 2.92 bits per heavy atom. The predicted octanol–water partition coefficient (Wildman–Crippen LogP) is 2.54. The molecule has 3 rings (SSSR count). The van der Waals surface area contributed by atoms with Gasteiger partial charge < -0.3 is 4.74 Å². The zero-order valence-corrected chi connectivity index (χ0v) is 13.0. The van der Waals surface area contributed by atoms with Crippen LogP contribution in [0.2, 0.25) is 0 Å². The van der Waals surface area contributed by atoms with Crippen LogP contribution in [-0.2, 0) is 4.79 Å². The van der Waals surface area contributed by atoms with Crippen LogP contribution < -0.4 is 10.1 Å². The van der Waals surface area contributed by atoms with Crippen LogP contribution in [0.25, 0.3) is 16.8 Å². The van der Waals surface area contributed by atoms with E-state index in [1.807, 2.05) is 0 Å². The Bertz CT molecular complexity index is 1010. The average molecular weight is 343 g/mol.